The molecule has 1 fully saturated rings. The molecular formula is C16H18F3N3O2S. The smallest absolute Gasteiger partial charge is 0.406 e. The Balaban J connectivity index is 1.54. The molecular weight excluding hydrogens is 355 g/mol. The van der Waals surface area contributed by atoms with E-state index in [1.165, 1.54) is 31.0 Å². The first-order chi connectivity index (χ1) is 11.9. The summed E-state index contributed by atoms with van der Waals surface area (Å²) in [6.45, 7) is 3.11. The van der Waals surface area contributed by atoms with Crippen molar-refractivity contribution in [3.8, 4) is 5.75 Å². The zero-order valence-electron chi connectivity index (χ0n) is 13.4. The van der Waals surface area contributed by atoms with Crippen molar-refractivity contribution in [1.29, 1.82) is 0 Å². The first-order valence-electron chi connectivity index (χ1n) is 8.08. The van der Waals surface area contributed by atoms with Crippen molar-refractivity contribution in [1.82, 2.24) is 9.88 Å². The molecule has 0 unspecified atom stereocenters. The van der Waals surface area contributed by atoms with E-state index in [9.17, 15) is 18.0 Å². The number of nitrogens with one attached hydrogen (secondary N) is 1. The number of fused-ring (bicyclic) bond motifs is 1. The van der Waals surface area contributed by atoms with Crippen molar-refractivity contribution >= 4 is 32.6 Å². The van der Waals surface area contributed by atoms with E-state index in [0.29, 0.717) is 21.8 Å². The first kappa shape index (κ1) is 17.9. The topological polar surface area (TPSA) is 54.5 Å². The van der Waals surface area contributed by atoms with Crippen LogP contribution in [0, 0.1) is 0 Å². The number of carbonyl (C=O) groups excluding carboxylic acids is 1. The normalized spacial score (nSPS) is 15.6. The molecule has 1 N–H and O–H groups in total. The molecule has 0 bridgehead atoms. The molecule has 0 spiro atoms. The highest BCUT2D eigenvalue weighted by atomic mass is 32.1. The third kappa shape index (κ3) is 5.30. The Morgan fingerprint density at radius 3 is 2.80 bits per heavy atom. The number of ether oxygens (including phenoxy) is 1. The molecule has 2 heterocycles. The number of amides is 1. The van der Waals surface area contributed by atoms with Crippen LogP contribution in [0.15, 0.2) is 18.2 Å². The zero-order chi connectivity index (χ0) is 17.9. The van der Waals surface area contributed by atoms with Crippen LogP contribution in [0.4, 0.5) is 18.3 Å². The number of nitrogens with zero attached hydrogens (tertiary/aromatic N) is 2. The van der Waals surface area contributed by atoms with Gasteiger partial charge in [-0.2, -0.15) is 0 Å². The summed E-state index contributed by atoms with van der Waals surface area (Å²) in [6, 6.07) is 3.91. The number of hydrogen-bond acceptors (Lipinski definition) is 5. The fourth-order valence-corrected chi connectivity index (χ4v) is 3.72. The number of halogens is 3. The summed E-state index contributed by atoms with van der Waals surface area (Å²) in [5.74, 6) is -0.433. The lowest BCUT2D eigenvalue weighted by Crippen LogP contribution is -2.22. The Labute approximate surface area is 146 Å². The van der Waals surface area contributed by atoms with Crippen LogP contribution in [0.25, 0.3) is 10.2 Å². The first-order valence-corrected chi connectivity index (χ1v) is 8.89. The van der Waals surface area contributed by atoms with E-state index < -0.39 is 6.36 Å². The molecule has 0 atom stereocenters. The van der Waals surface area contributed by atoms with Crippen LogP contribution in [0.1, 0.15) is 25.7 Å². The number of aromatic nitrogens is 1. The van der Waals surface area contributed by atoms with Gasteiger partial charge in [0, 0.05) is 12.5 Å². The van der Waals surface area contributed by atoms with Crippen molar-refractivity contribution in [2.24, 2.45) is 0 Å². The van der Waals surface area contributed by atoms with Crippen LogP contribution in [0.2, 0.25) is 0 Å². The van der Waals surface area contributed by atoms with Crippen molar-refractivity contribution in [3.05, 3.63) is 18.2 Å². The van der Waals surface area contributed by atoms with Gasteiger partial charge in [0.1, 0.15) is 5.75 Å². The lowest BCUT2D eigenvalue weighted by molar-refractivity contribution is -0.274. The number of alkyl halides is 3. The maximum atomic E-state index is 12.3. The predicted octanol–water partition coefficient (Wildman–Crippen LogP) is 4.01. The second-order valence-electron chi connectivity index (χ2n) is 5.90. The SMILES string of the molecule is O=C(CCCN1CCCC1)Nc1nc2ccc(OC(F)(F)F)cc2s1. The van der Waals surface area contributed by atoms with Crippen LogP contribution in [-0.2, 0) is 4.79 Å². The molecule has 2 aromatic rings. The molecule has 1 saturated heterocycles. The molecule has 1 amide bonds. The van der Waals surface area contributed by atoms with E-state index in [0.717, 1.165) is 37.4 Å². The van der Waals surface area contributed by atoms with Crippen molar-refractivity contribution in [3.63, 3.8) is 0 Å². The van der Waals surface area contributed by atoms with Gasteiger partial charge in [-0.15, -0.1) is 13.2 Å². The molecule has 5 nitrogen and oxygen atoms in total. The Morgan fingerprint density at radius 1 is 1.32 bits per heavy atom. The van der Waals surface area contributed by atoms with E-state index in [1.807, 2.05) is 0 Å². The van der Waals surface area contributed by atoms with Gasteiger partial charge >= 0.3 is 6.36 Å². The summed E-state index contributed by atoms with van der Waals surface area (Å²) in [5, 5.41) is 3.09. The Kier molecular flexibility index (Phi) is 5.43. The number of carbonyl (C=O) groups is 1. The quantitative estimate of drug-likeness (QED) is 0.831. The average molecular weight is 373 g/mol. The summed E-state index contributed by atoms with van der Waals surface area (Å²) in [5.41, 5.74) is 0.520. The highest BCUT2D eigenvalue weighted by Crippen LogP contribution is 2.31. The molecule has 1 aromatic carbocycles. The van der Waals surface area contributed by atoms with Gasteiger partial charge in [0.2, 0.25) is 5.91 Å². The van der Waals surface area contributed by atoms with E-state index in [4.69, 9.17) is 0 Å². The van der Waals surface area contributed by atoms with Gasteiger partial charge in [-0.3, -0.25) is 4.79 Å². The highest BCUT2D eigenvalue weighted by Gasteiger charge is 2.31. The van der Waals surface area contributed by atoms with E-state index in [-0.39, 0.29) is 11.7 Å². The van der Waals surface area contributed by atoms with Crippen LogP contribution in [-0.4, -0.2) is 41.8 Å². The van der Waals surface area contributed by atoms with Crippen molar-refractivity contribution < 1.29 is 22.7 Å². The lowest BCUT2D eigenvalue weighted by atomic mass is 10.3. The lowest BCUT2D eigenvalue weighted by Gasteiger charge is -2.13. The Bertz CT molecular complexity index is 742. The summed E-state index contributed by atoms with van der Waals surface area (Å²) in [6.07, 6.45) is -1.12. The van der Waals surface area contributed by atoms with Crippen molar-refractivity contribution in [2.45, 2.75) is 32.0 Å². The molecule has 3 rings (SSSR count). The van der Waals surface area contributed by atoms with Gasteiger partial charge in [-0.05, 0) is 51.0 Å². The molecule has 1 aromatic heterocycles. The third-order valence-corrected chi connectivity index (χ3v) is 4.85. The number of hydrogen-bond donors (Lipinski definition) is 1. The maximum Gasteiger partial charge on any atom is 0.573 e. The van der Waals surface area contributed by atoms with Crippen LogP contribution >= 0.6 is 11.3 Å². The summed E-state index contributed by atoms with van der Waals surface area (Å²) in [7, 11) is 0. The summed E-state index contributed by atoms with van der Waals surface area (Å²) in [4.78, 5) is 18.5. The average Bonchev–Trinajstić information content (AvgIpc) is 3.14. The molecule has 0 radical (unpaired) electrons. The minimum atomic E-state index is -4.73. The highest BCUT2D eigenvalue weighted by molar-refractivity contribution is 7.22. The maximum absolute atomic E-state index is 12.3. The van der Waals surface area contributed by atoms with Gasteiger partial charge in [0.25, 0.3) is 0 Å². The standard InChI is InChI=1S/C16H18F3N3O2S/c17-16(18,19)24-11-5-6-12-13(10-11)25-15(20-12)21-14(23)4-3-9-22-7-1-2-8-22/h5-6,10H,1-4,7-9H2,(H,20,21,23). The van der Waals surface area contributed by atoms with Gasteiger partial charge in [-0.25, -0.2) is 4.98 Å². The summed E-state index contributed by atoms with van der Waals surface area (Å²) >= 11 is 1.12. The van der Waals surface area contributed by atoms with Crippen LogP contribution in [0.5, 0.6) is 5.75 Å². The molecule has 136 valence electrons. The molecule has 1 aliphatic heterocycles. The van der Waals surface area contributed by atoms with E-state index >= 15 is 0 Å². The fourth-order valence-electron chi connectivity index (χ4n) is 2.81. The fraction of sp³-hybridized carbons (Fsp3) is 0.500. The second kappa shape index (κ2) is 7.57. The third-order valence-electron chi connectivity index (χ3n) is 3.92. The predicted molar refractivity (Wildman–Crippen MR) is 89.8 cm³/mol. The number of likely N-dealkylation sites (tertiary alicyclic amines) is 1. The number of rotatable bonds is 6. The van der Waals surface area contributed by atoms with Crippen LogP contribution in [0.3, 0.4) is 0 Å². The number of anilines is 1. The Morgan fingerprint density at radius 2 is 2.08 bits per heavy atom. The Hall–Kier alpha value is -1.87. The molecule has 25 heavy (non-hydrogen) atoms. The number of benzene rings is 1. The summed E-state index contributed by atoms with van der Waals surface area (Å²) < 4.78 is 41.2. The van der Waals surface area contributed by atoms with Crippen LogP contribution < -0.4 is 10.1 Å². The molecule has 0 saturated carbocycles. The number of thiazole rings is 1. The van der Waals surface area contributed by atoms with Gasteiger partial charge in [-0.1, -0.05) is 11.3 Å². The zero-order valence-corrected chi connectivity index (χ0v) is 14.3. The monoisotopic (exact) mass is 373 g/mol. The second-order valence-corrected chi connectivity index (χ2v) is 6.93. The van der Waals surface area contributed by atoms with E-state index in [2.05, 4.69) is 19.9 Å². The minimum absolute atomic E-state index is 0.134. The minimum Gasteiger partial charge on any atom is -0.406 e. The van der Waals surface area contributed by atoms with Gasteiger partial charge in [0.15, 0.2) is 5.13 Å². The largest absolute Gasteiger partial charge is 0.573 e. The van der Waals surface area contributed by atoms with Gasteiger partial charge in [0.05, 0.1) is 10.2 Å². The molecule has 1 aliphatic rings. The molecule has 9 heteroatoms. The van der Waals surface area contributed by atoms with Crippen molar-refractivity contribution in [2.75, 3.05) is 25.0 Å². The van der Waals surface area contributed by atoms with E-state index in [1.54, 1.807) is 0 Å². The molecule has 0 aliphatic carbocycles. The van der Waals surface area contributed by atoms with Gasteiger partial charge < -0.3 is 15.0 Å².